The van der Waals surface area contributed by atoms with Gasteiger partial charge in [-0.1, -0.05) is 63.6 Å². The molecule has 1 aliphatic heterocycles. The predicted octanol–water partition coefficient (Wildman–Crippen LogP) is 6.41. The minimum Gasteiger partial charge on any atom is -0.488 e. The van der Waals surface area contributed by atoms with Crippen LogP contribution in [-0.2, 0) is 9.47 Å². The molecule has 1 heterocycles. The van der Waals surface area contributed by atoms with E-state index in [9.17, 15) is 0 Å². The number of unbranched alkanes of at least 4 members (excludes halogenated alkanes) is 5. The zero-order valence-corrected chi connectivity index (χ0v) is 17.8. The molecule has 154 valence electrons. The average Bonchev–Trinajstić information content (AvgIpc) is 3.47. The van der Waals surface area contributed by atoms with Crippen molar-refractivity contribution in [1.82, 2.24) is 0 Å². The van der Waals surface area contributed by atoms with Crippen LogP contribution in [0.4, 0.5) is 0 Å². The Balaban J connectivity index is 1.78. The number of epoxide rings is 1. The molecule has 0 radical (unpaired) electrons. The third kappa shape index (κ3) is 9.62. The van der Waals surface area contributed by atoms with E-state index in [-0.39, 0.29) is 5.60 Å². The molecule has 1 fully saturated rings. The molecule has 2 unspecified atom stereocenters. The first kappa shape index (κ1) is 22.2. The summed E-state index contributed by atoms with van der Waals surface area (Å²) >= 11 is 0. The molecule has 0 bridgehead atoms. The molecule has 0 spiro atoms. The summed E-state index contributed by atoms with van der Waals surface area (Å²) in [5.74, 6) is 1.52. The molecule has 1 saturated heterocycles. The predicted molar refractivity (Wildman–Crippen MR) is 112 cm³/mol. The fourth-order valence-electron chi connectivity index (χ4n) is 3.70. The molecule has 0 N–H and O–H groups in total. The fourth-order valence-corrected chi connectivity index (χ4v) is 3.70. The maximum Gasteiger partial charge on any atom is 0.120 e. The van der Waals surface area contributed by atoms with Crippen LogP contribution in [0.1, 0.15) is 78.6 Å². The molecule has 3 heteroatoms. The van der Waals surface area contributed by atoms with Gasteiger partial charge in [0.05, 0.1) is 13.2 Å². The van der Waals surface area contributed by atoms with Crippen LogP contribution in [0.25, 0.3) is 0 Å². The summed E-state index contributed by atoms with van der Waals surface area (Å²) in [5, 5.41) is 0. The van der Waals surface area contributed by atoms with E-state index >= 15 is 0 Å². The lowest BCUT2D eigenvalue weighted by atomic mass is 9.82. The minimum absolute atomic E-state index is 0.162. The van der Waals surface area contributed by atoms with Gasteiger partial charge >= 0.3 is 0 Å². The van der Waals surface area contributed by atoms with E-state index in [2.05, 4.69) is 32.9 Å². The SMILES string of the molecule is CCCCCCCCC(CCCOCC1CO1)C(C)(C)Oc1ccccc1. The molecule has 2 atom stereocenters. The summed E-state index contributed by atoms with van der Waals surface area (Å²) in [6.07, 6.45) is 11.9. The first-order chi connectivity index (χ1) is 13.1. The Bertz CT molecular complexity index is 482. The molecule has 1 aromatic rings. The Labute approximate surface area is 166 Å². The number of hydrogen-bond acceptors (Lipinski definition) is 3. The molecule has 1 aliphatic rings. The lowest BCUT2D eigenvalue weighted by Crippen LogP contribution is -2.38. The van der Waals surface area contributed by atoms with Crippen molar-refractivity contribution in [1.29, 1.82) is 0 Å². The zero-order valence-electron chi connectivity index (χ0n) is 17.8. The number of rotatable bonds is 16. The molecular formula is C24H40O3. The van der Waals surface area contributed by atoms with Crippen LogP contribution >= 0.6 is 0 Å². The lowest BCUT2D eigenvalue weighted by Gasteiger charge is -2.35. The number of benzene rings is 1. The van der Waals surface area contributed by atoms with Gasteiger partial charge in [-0.3, -0.25) is 0 Å². The Morgan fingerprint density at radius 3 is 2.37 bits per heavy atom. The highest BCUT2D eigenvalue weighted by molar-refractivity contribution is 5.22. The Hall–Kier alpha value is -1.06. The maximum absolute atomic E-state index is 6.40. The lowest BCUT2D eigenvalue weighted by molar-refractivity contribution is 0.0264. The third-order valence-corrected chi connectivity index (χ3v) is 5.56. The van der Waals surface area contributed by atoms with Gasteiger partial charge in [0.25, 0.3) is 0 Å². The normalized spacial score (nSPS) is 17.7. The van der Waals surface area contributed by atoms with Crippen molar-refractivity contribution in [3.8, 4) is 5.75 Å². The second-order valence-electron chi connectivity index (χ2n) is 8.44. The van der Waals surface area contributed by atoms with Gasteiger partial charge in [0.15, 0.2) is 0 Å². The van der Waals surface area contributed by atoms with Crippen molar-refractivity contribution in [2.24, 2.45) is 5.92 Å². The Morgan fingerprint density at radius 1 is 1.00 bits per heavy atom. The largest absolute Gasteiger partial charge is 0.488 e. The highest BCUT2D eigenvalue weighted by Crippen LogP contribution is 2.32. The average molecular weight is 377 g/mol. The number of para-hydroxylation sites is 1. The topological polar surface area (TPSA) is 31.0 Å². The van der Waals surface area contributed by atoms with Crippen LogP contribution in [0.3, 0.4) is 0 Å². The van der Waals surface area contributed by atoms with Crippen LogP contribution in [0.2, 0.25) is 0 Å². The van der Waals surface area contributed by atoms with Gasteiger partial charge in [-0.2, -0.15) is 0 Å². The Morgan fingerprint density at radius 2 is 1.67 bits per heavy atom. The second kappa shape index (κ2) is 12.4. The molecule has 0 aliphatic carbocycles. The standard InChI is InChI=1S/C24H40O3/c1-4-5-6-7-8-10-14-21(15-13-18-25-19-23-20-26-23)24(2,3)27-22-16-11-9-12-17-22/h9,11-12,16-17,21,23H,4-8,10,13-15,18-20H2,1-3H3. The smallest absolute Gasteiger partial charge is 0.120 e. The molecule has 27 heavy (non-hydrogen) atoms. The van der Waals surface area contributed by atoms with Gasteiger partial charge < -0.3 is 14.2 Å². The molecule has 3 nitrogen and oxygen atoms in total. The van der Waals surface area contributed by atoms with E-state index in [0.717, 1.165) is 38.4 Å². The van der Waals surface area contributed by atoms with Crippen LogP contribution < -0.4 is 4.74 Å². The van der Waals surface area contributed by atoms with E-state index in [0.29, 0.717) is 12.0 Å². The number of ether oxygens (including phenoxy) is 3. The summed E-state index contributed by atoms with van der Waals surface area (Å²) in [5.41, 5.74) is -0.162. The van der Waals surface area contributed by atoms with Crippen LogP contribution in [0, 0.1) is 5.92 Å². The van der Waals surface area contributed by atoms with Gasteiger partial charge in [0.2, 0.25) is 0 Å². The summed E-state index contributed by atoms with van der Waals surface area (Å²) in [6, 6.07) is 10.2. The van der Waals surface area contributed by atoms with Crippen LogP contribution in [0.5, 0.6) is 5.75 Å². The molecule has 0 saturated carbocycles. The van der Waals surface area contributed by atoms with Gasteiger partial charge in [-0.05, 0) is 51.2 Å². The van der Waals surface area contributed by atoms with Gasteiger partial charge in [0, 0.05) is 6.61 Å². The zero-order chi connectivity index (χ0) is 19.4. The summed E-state index contributed by atoms with van der Waals surface area (Å²) < 4.78 is 17.4. The number of hydrogen-bond donors (Lipinski definition) is 0. The third-order valence-electron chi connectivity index (χ3n) is 5.56. The Kier molecular flexibility index (Phi) is 10.2. The summed E-state index contributed by atoms with van der Waals surface area (Å²) in [4.78, 5) is 0. The van der Waals surface area contributed by atoms with Crippen molar-refractivity contribution in [3.63, 3.8) is 0 Å². The first-order valence-corrected chi connectivity index (χ1v) is 11.0. The quantitative estimate of drug-likeness (QED) is 0.247. The van der Waals surface area contributed by atoms with Crippen molar-refractivity contribution in [2.45, 2.75) is 90.3 Å². The molecular weight excluding hydrogens is 336 g/mol. The van der Waals surface area contributed by atoms with Crippen LogP contribution in [-0.4, -0.2) is 31.5 Å². The van der Waals surface area contributed by atoms with E-state index in [1.807, 2.05) is 18.2 Å². The van der Waals surface area contributed by atoms with Gasteiger partial charge in [-0.25, -0.2) is 0 Å². The van der Waals surface area contributed by atoms with Crippen LogP contribution in [0.15, 0.2) is 30.3 Å². The van der Waals surface area contributed by atoms with E-state index < -0.39 is 0 Å². The van der Waals surface area contributed by atoms with Gasteiger partial charge in [-0.15, -0.1) is 0 Å². The monoisotopic (exact) mass is 376 g/mol. The molecule has 0 aromatic heterocycles. The summed E-state index contributed by atoms with van der Waals surface area (Å²) in [6.45, 7) is 9.23. The summed E-state index contributed by atoms with van der Waals surface area (Å²) in [7, 11) is 0. The first-order valence-electron chi connectivity index (χ1n) is 11.0. The minimum atomic E-state index is -0.162. The maximum atomic E-state index is 6.40. The highest BCUT2D eigenvalue weighted by Gasteiger charge is 2.31. The van der Waals surface area contributed by atoms with E-state index in [4.69, 9.17) is 14.2 Å². The molecule has 0 amide bonds. The van der Waals surface area contributed by atoms with Crippen molar-refractivity contribution < 1.29 is 14.2 Å². The van der Waals surface area contributed by atoms with Crippen molar-refractivity contribution in [3.05, 3.63) is 30.3 Å². The second-order valence-corrected chi connectivity index (χ2v) is 8.44. The highest BCUT2D eigenvalue weighted by atomic mass is 16.6. The van der Waals surface area contributed by atoms with Crippen molar-refractivity contribution in [2.75, 3.05) is 19.8 Å². The molecule has 1 aromatic carbocycles. The molecule has 2 rings (SSSR count). The van der Waals surface area contributed by atoms with E-state index in [1.54, 1.807) is 0 Å². The van der Waals surface area contributed by atoms with E-state index in [1.165, 1.54) is 44.9 Å². The fraction of sp³-hybridized carbons (Fsp3) is 0.750. The van der Waals surface area contributed by atoms with Crippen molar-refractivity contribution >= 4 is 0 Å². The van der Waals surface area contributed by atoms with Gasteiger partial charge in [0.1, 0.15) is 17.5 Å².